The third-order valence-electron chi connectivity index (χ3n) is 1.97. The summed E-state index contributed by atoms with van der Waals surface area (Å²) in [4.78, 5) is 11.4. The van der Waals surface area contributed by atoms with Crippen LogP contribution in [0.4, 0.5) is 4.79 Å². The predicted octanol–water partition coefficient (Wildman–Crippen LogP) is 1.53. The molecular weight excluding hydrogens is 220 g/mol. The van der Waals surface area contributed by atoms with Crippen LogP contribution in [-0.2, 0) is 9.47 Å². The number of methoxy groups -OCH3 is 1. The first-order chi connectivity index (χ1) is 7.85. The smallest absolute Gasteiger partial charge is 0.407 e. The van der Waals surface area contributed by atoms with Crippen LogP contribution >= 0.6 is 0 Å². The summed E-state index contributed by atoms with van der Waals surface area (Å²) in [6.45, 7) is 9.74. The molecule has 102 valence electrons. The Morgan fingerprint density at radius 1 is 1.35 bits per heavy atom. The minimum atomic E-state index is -0.445. The van der Waals surface area contributed by atoms with Gasteiger partial charge in [-0.3, -0.25) is 0 Å². The van der Waals surface area contributed by atoms with Gasteiger partial charge < -0.3 is 20.1 Å². The molecule has 0 heterocycles. The highest BCUT2D eigenvalue weighted by Gasteiger charge is 2.16. The second-order valence-electron chi connectivity index (χ2n) is 5.08. The average molecular weight is 246 g/mol. The molecule has 1 amide bonds. The molecule has 1 unspecified atom stereocenters. The van der Waals surface area contributed by atoms with Gasteiger partial charge in [-0.05, 0) is 40.7 Å². The van der Waals surface area contributed by atoms with Crippen molar-refractivity contribution in [1.29, 1.82) is 0 Å². The van der Waals surface area contributed by atoms with Crippen molar-refractivity contribution in [2.75, 3.05) is 26.8 Å². The van der Waals surface area contributed by atoms with Gasteiger partial charge in [-0.15, -0.1) is 0 Å². The normalized spacial score (nSPS) is 13.2. The molecule has 0 aromatic rings. The molecule has 0 bridgehead atoms. The number of carbonyl (C=O) groups is 1. The molecule has 0 aromatic carbocycles. The lowest BCUT2D eigenvalue weighted by Gasteiger charge is -2.21. The molecule has 0 aliphatic rings. The van der Waals surface area contributed by atoms with Crippen molar-refractivity contribution in [1.82, 2.24) is 10.6 Å². The number of carbonyl (C=O) groups excluding carboxylic acids is 1. The van der Waals surface area contributed by atoms with E-state index in [-0.39, 0.29) is 12.1 Å². The highest BCUT2D eigenvalue weighted by Crippen LogP contribution is 2.06. The summed E-state index contributed by atoms with van der Waals surface area (Å²) in [7, 11) is 1.69. The van der Waals surface area contributed by atoms with Gasteiger partial charge in [-0.25, -0.2) is 4.79 Å². The van der Waals surface area contributed by atoms with Gasteiger partial charge in [-0.1, -0.05) is 0 Å². The zero-order valence-electron chi connectivity index (χ0n) is 11.6. The van der Waals surface area contributed by atoms with E-state index in [4.69, 9.17) is 9.47 Å². The molecule has 5 heteroatoms. The Hall–Kier alpha value is -0.810. The van der Waals surface area contributed by atoms with E-state index in [0.29, 0.717) is 6.54 Å². The summed E-state index contributed by atoms with van der Waals surface area (Å²) < 4.78 is 10.1. The summed E-state index contributed by atoms with van der Waals surface area (Å²) in [6.07, 6.45) is 0.593. The molecule has 0 fully saturated rings. The molecule has 0 aliphatic carbocycles. The summed E-state index contributed by atoms with van der Waals surface area (Å²) >= 11 is 0. The van der Waals surface area contributed by atoms with Crippen LogP contribution in [0.5, 0.6) is 0 Å². The maximum Gasteiger partial charge on any atom is 0.407 e. The first kappa shape index (κ1) is 16.2. The molecule has 0 saturated heterocycles. The molecule has 17 heavy (non-hydrogen) atoms. The Kier molecular flexibility index (Phi) is 7.91. The number of rotatable bonds is 7. The van der Waals surface area contributed by atoms with Crippen LogP contribution in [-0.4, -0.2) is 44.5 Å². The van der Waals surface area contributed by atoms with Crippen LogP contribution < -0.4 is 10.6 Å². The summed E-state index contributed by atoms with van der Waals surface area (Å²) in [6, 6.07) is 0.222. The number of hydrogen-bond acceptors (Lipinski definition) is 4. The van der Waals surface area contributed by atoms with E-state index >= 15 is 0 Å². The first-order valence-corrected chi connectivity index (χ1v) is 6.04. The quantitative estimate of drug-likeness (QED) is 0.669. The number of nitrogens with one attached hydrogen (secondary N) is 2. The second-order valence-corrected chi connectivity index (χ2v) is 5.08. The molecule has 0 aromatic heterocycles. The fraction of sp³-hybridized carbons (Fsp3) is 0.917. The van der Waals surface area contributed by atoms with E-state index in [2.05, 4.69) is 10.6 Å². The zero-order chi connectivity index (χ0) is 13.3. The molecule has 2 N–H and O–H groups in total. The van der Waals surface area contributed by atoms with E-state index in [1.54, 1.807) is 7.11 Å². The van der Waals surface area contributed by atoms with E-state index in [9.17, 15) is 4.79 Å². The van der Waals surface area contributed by atoms with E-state index in [1.807, 2.05) is 27.7 Å². The molecule has 0 aliphatic heterocycles. The van der Waals surface area contributed by atoms with Crippen molar-refractivity contribution in [2.45, 2.75) is 45.8 Å². The third kappa shape index (κ3) is 11.5. The number of alkyl carbamates (subject to hydrolysis) is 1. The maximum absolute atomic E-state index is 11.4. The van der Waals surface area contributed by atoms with Crippen LogP contribution in [0.25, 0.3) is 0 Å². The van der Waals surface area contributed by atoms with Crippen molar-refractivity contribution < 1.29 is 14.3 Å². The number of hydrogen-bond donors (Lipinski definition) is 2. The van der Waals surface area contributed by atoms with Gasteiger partial charge in [0.2, 0.25) is 0 Å². The lowest BCUT2D eigenvalue weighted by atomic mass is 10.2. The lowest BCUT2D eigenvalue weighted by Crippen LogP contribution is -2.41. The van der Waals surface area contributed by atoms with E-state index in [0.717, 1.165) is 19.6 Å². The van der Waals surface area contributed by atoms with Gasteiger partial charge >= 0.3 is 6.09 Å². The third-order valence-corrected chi connectivity index (χ3v) is 1.97. The zero-order valence-corrected chi connectivity index (χ0v) is 11.6. The molecular formula is C12H26N2O3. The average Bonchev–Trinajstić information content (AvgIpc) is 2.19. The summed E-state index contributed by atoms with van der Waals surface area (Å²) in [5.74, 6) is 0. The van der Waals surface area contributed by atoms with Gasteiger partial charge in [0.05, 0.1) is 0 Å². The van der Waals surface area contributed by atoms with Crippen molar-refractivity contribution in [3.05, 3.63) is 0 Å². The van der Waals surface area contributed by atoms with Crippen molar-refractivity contribution in [3.63, 3.8) is 0 Å². The minimum Gasteiger partial charge on any atom is -0.444 e. The molecule has 0 saturated carbocycles. The van der Waals surface area contributed by atoms with Crippen LogP contribution in [0.3, 0.4) is 0 Å². The van der Waals surface area contributed by atoms with Crippen molar-refractivity contribution in [3.8, 4) is 0 Å². The SMILES string of the molecule is COCCCNC(C)CNC(=O)OC(C)(C)C. The maximum atomic E-state index is 11.4. The molecule has 0 radical (unpaired) electrons. The lowest BCUT2D eigenvalue weighted by molar-refractivity contribution is 0.0523. The van der Waals surface area contributed by atoms with E-state index < -0.39 is 5.60 Å². The largest absolute Gasteiger partial charge is 0.444 e. The Morgan fingerprint density at radius 2 is 2.00 bits per heavy atom. The molecule has 5 nitrogen and oxygen atoms in total. The number of ether oxygens (including phenoxy) is 2. The second kappa shape index (κ2) is 8.31. The Morgan fingerprint density at radius 3 is 2.53 bits per heavy atom. The highest BCUT2D eigenvalue weighted by atomic mass is 16.6. The van der Waals surface area contributed by atoms with Gasteiger partial charge in [0.15, 0.2) is 0 Å². The highest BCUT2D eigenvalue weighted by molar-refractivity contribution is 5.67. The topological polar surface area (TPSA) is 59.6 Å². The predicted molar refractivity (Wildman–Crippen MR) is 68.2 cm³/mol. The van der Waals surface area contributed by atoms with Crippen LogP contribution in [0, 0.1) is 0 Å². The Balaban J connectivity index is 3.55. The summed E-state index contributed by atoms with van der Waals surface area (Å²) in [5.41, 5.74) is -0.445. The minimum absolute atomic E-state index is 0.222. The van der Waals surface area contributed by atoms with Gasteiger partial charge in [0, 0.05) is 26.3 Å². The molecule has 1 atom stereocenters. The van der Waals surface area contributed by atoms with Gasteiger partial charge in [0.1, 0.15) is 5.60 Å². The van der Waals surface area contributed by atoms with Crippen molar-refractivity contribution >= 4 is 6.09 Å². The van der Waals surface area contributed by atoms with Crippen LogP contribution in [0.1, 0.15) is 34.1 Å². The number of amides is 1. The fourth-order valence-electron chi connectivity index (χ4n) is 1.19. The monoisotopic (exact) mass is 246 g/mol. The molecule has 0 rings (SSSR count). The van der Waals surface area contributed by atoms with E-state index in [1.165, 1.54) is 0 Å². The van der Waals surface area contributed by atoms with Gasteiger partial charge in [-0.2, -0.15) is 0 Å². The molecule has 0 spiro atoms. The van der Waals surface area contributed by atoms with Gasteiger partial charge in [0.25, 0.3) is 0 Å². The van der Waals surface area contributed by atoms with Crippen LogP contribution in [0.15, 0.2) is 0 Å². The Labute approximate surface area is 104 Å². The Bertz CT molecular complexity index is 214. The summed E-state index contributed by atoms with van der Waals surface area (Å²) in [5, 5.41) is 6.01. The first-order valence-electron chi connectivity index (χ1n) is 6.04. The standard InChI is InChI=1S/C12H26N2O3/c1-10(13-7-6-8-16-5)9-14-11(15)17-12(2,3)4/h10,13H,6-9H2,1-5H3,(H,14,15). The van der Waals surface area contributed by atoms with Crippen LogP contribution in [0.2, 0.25) is 0 Å². The van der Waals surface area contributed by atoms with Crippen molar-refractivity contribution in [2.24, 2.45) is 0 Å². The fourth-order valence-corrected chi connectivity index (χ4v) is 1.19.